The van der Waals surface area contributed by atoms with Crippen molar-refractivity contribution in [1.29, 1.82) is 0 Å². The quantitative estimate of drug-likeness (QED) is 0.0796. The molecule has 0 radical (unpaired) electrons. The van der Waals surface area contributed by atoms with Crippen LogP contribution in [0.4, 0.5) is 0 Å². The van der Waals surface area contributed by atoms with Crippen LogP contribution in [-0.4, -0.2) is 38.9 Å². The zero-order valence-electron chi connectivity index (χ0n) is 27.7. The van der Waals surface area contributed by atoms with Gasteiger partial charge in [-0.2, -0.15) is 0 Å². The fraction of sp³-hybridized carbons (Fsp3) is 0.562. The molecule has 246 valence electrons. The van der Waals surface area contributed by atoms with Gasteiger partial charge in [-0.3, -0.25) is 18.6 Å². The van der Waals surface area contributed by atoms with E-state index in [0.717, 1.165) is 30.4 Å². The van der Waals surface area contributed by atoms with Gasteiger partial charge in [-0.15, -0.1) is 0 Å². The first-order chi connectivity index (χ1) is 20.2. The van der Waals surface area contributed by atoms with E-state index in [1.165, 1.54) is 13.3 Å². The molecule has 2 aromatic rings. The Morgan fingerprint density at radius 1 is 0.750 bits per heavy atom. The van der Waals surface area contributed by atoms with E-state index in [0.29, 0.717) is 17.5 Å². The van der Waals surface area contributed by atoms with E-state index in [2.05, 4.69) is 6.92 Å². The lowest BCUT2D eigenvalue weighted by molar-refractivity contribution is -0.160. The number of esters is 2. The fourth-order valence-electron chi connectivity index (χ4n) is 3.79. The van der Waals surface area contributed by atoms with Gasteiger partial charge in [0.05, 0.1) is 29.7 Å². The van der Waals surface area contributed by atoms with Crippen molar-refractivity contribution in [2.24, 2.45) is 10.8 Å². The summed E-state index contributed by atoms with van der Waals surface area (Å²) in [6.45, 7) is 15.6. The maximum atomic E-state index is 13.5. The van der Waals surface area contributed by atoms with Crippen LogP contribution in [0.25, 0.3) is 11.1 Å². The summed E-state index contributed by atoms with van der Waals surface area (Å²) in [5.74, 6) is -0.685. The van der Waals surface area contributed by atoms with Crippen molar-refractivity contribution >= 4 is 27.1 Å². The van der Waals surface area contributed by atoms with Crippen molar-refractivity contribution in [2.75, 3.05) is 26.9 Å². The first-order valence-electron chi connectivity index (χ1n) is 14.7. The summed E-state index contributed by atoms with van der Waals surface area (Å²) in [6, 6.07) is 11.0. The van der Waals surface area contributed by atoms with E-state index in [9.17, 15) is 18.7 Å². The lowest BCUT2D eigenvalue weighted by Gasteiger charge is -2.24. The van der Waals surface area contributed by atoms with Gasteiger partial charge in [-0.05, 0) is 84.6 Å². The zero-order valence-corrected chi connectivity index (χ0v) is 29.5. The summed E-state index contributed by atoms with van der Waals surface area (Å²) in [6.07, 6.45) is 3.50. The number of ether oxygens (including phenoxy) is 2. The molecule has 0 aliphatic carbocycles. The van der Waals surface area contributed by atoms with Crippen LogP contribution in [0.3, 0.4) is 0 Å². The molecule has 0 aliphatic heterocycles. The Morgan fingerprint density at radius 2 is 1.23 bits per heavy atom. The average Bonchev–Trinajstić information content (AvgIpc) is 2.86. The first-order valence-corrected chi connectivity index (χ1v) is 18.6. The SMILES string of the molecule is CCCCCc1cc(OP(C)(=O)OCOC(=O)C(C)(C)C)c(-c2cccc(C)c2)c(OP(C)(=O)OCOC(=O)C(C)(C)C)c1. The molecule has 2 rings (SSSR count). The summed E-state index contributed by atoms with van der Waals surface area (Å²) < 4.78 is 60.2. The number of hydrogen-bond donors (Lipinski definition) is 0. The molecule has 12 heteroatoms. The molecule has 2 atom stereocenters. The van der Waals surface area contributed by atoms with E-state index in [4.69, 9.17) is 27.6 Å². The molecule has 0 N–H and O–H groups in total. The number of unbranched alkanes of at least 4 members (excludes halogenated alkanes) is 2. The molecule has 0 fully saturated rings. The number of hydrogen-bond acceptors (Lipinski definition) is 10. The summed E-state index contributed by atoms with van der Waals surface area (Å²) in [4.78, 5) is 24.3. The topological polar surface area (TPSA) is 124 Å². The third-order valence-corrected chi connectivity index (χ3v) is 8.41. The molecule has 0 aliphatic rings. The monoisotopic (exact) mass is 654 g/mol. The molecule has 0 heterocycles. The number of benzene rings is 2. The summed E-state index contributed by atoms with van der Waals surface area (Å²) in [5.41, 5.74) is 1.22. The van der Waals surface area contributed by atoms with Crippen LogP contribution in [-0.2, 0) is 43.7 Å². The standard InChI is InChI=1S/C32H48O10P2/c1-11-12-13-16-24-19-26(41-43(9,35)39-21-37-29(33)31(3,4)5)28(25-17-14-15-23(2)18-25)27(20-24)42-44(10,36)40-22-38-30(34)32(6,7)8/h14-15,17-20H,11-13,16,21-22H2,1-10H3. The fourth-order valence-corrected chi connectivity index (χ4v) is 5.39. The normalized spacial score (nSPS) is 14.7. The number of carbonyl (C=O) groups is 2. The second-order valence-corrected chi connectivity index (χ2v) is 16.8. The van der Waals surface area contributed by atoms with Crippen molar-refractivity contribution in [3.8, 4) is 22.6 Å². The van der Waals surface area contributed by atoms with Gasteiger partial charge < -0.3 is 18.5 Å². The average molecular weight is 655 g/mol. The number of carbonyl (C=O) groups excluding carboxylic acids is 2. The van der Waals surface area contributed by atoms with Gasteiger partial charge in [0.25, 0.3) is 0 Å². The lowest BCUT2D eigenvalue weighted by Crippen LogP contribution is -2.24. The van der Waals surface area contributed by atoms with Crippen LogP contribution in [0.2, 0.25) is 0 Å². The van der Waals surface area contributed by atoms with Crippen LogP contribution in [0, 0.1) is 17.8 Å². The Balaban J connectivity index is 2.52. The first kappa shape index (κ1) is 37.5. The highest BCUT2D eigenvalue weighted by Crippen LogP contribution is 2.54. The molecule has 44 heavy (non-hydrogen) atoms. The summed E-state index contributed by atoms with van der Waals surface area (Å²) >= 11 is 0. The lowest BCUT2D eigenvalue weighted by atomic mass is 9.98. The largest absolute Gasteiger partial charge is 0.438 e. The van der Waals surface area contributed by atoms with Crippen molar-refractivity contribution in [1.82, 2.24) is 0 Å². The van der Waals surface area contributed by atoms with Crippen LogP contribution in [0.1, 0.15) is 78.9 Å². The Kier molecular flexibility index (Phi) is 13.3. The van der Waals surface area contributed by atoms with Gasteiger partial charge in [0.1, 0.15) is 11.5 Å². The molecule has 0 amide bonds. The zero-order chi connectivity index (χ0) is 33.3. The van der Waals surface area contributed by atoms with E-state index in [-0.39, 0.29) is 11.5 Å². The third-order valence-electron chi connectivity index (χ3n) is 6.21. The molecule has 0 bridgehead atoms. The minimum Gasteiger partial charge on any atom is -0.438 e. The Labute approximate surface area is 262 Å². The van der Waals surface area contributed by atoms with Crippen molar-refractivity contribution < 1.29 is 46.3 Å². The highest BCUT2D eigenvalue weighted by Gasteiger charge is 2.30. The highest BCUT2D eigenvalue weighted by molar-refractivity contribution is 7.53. The van der Waals surface area contributed by atoms with E-state index < -0.39 is 51.5 Å². The highest BCUT2D eigenvalue weighted by atomic mass is 31.2. The Hall–Kier alpha value is -2.64. The van der Waals surface area contributed by atoms with Crippen LogP contribution in [0.15, 0.2) is 36.4 Å². The molecule has 0 saturated heterocycles. The van der Waals surface area contributed by atoms with Gasteiger partial charge in [-0.25, -0.2) is 9.13 Å². The Morgan fingerprint density at radius 3 is 1.64 bits per heavy atom. The van der Waals surface area contributed by atoms with Gasteiger partial charge in [0, 0.05) is 0 Å². The molecule has 10 nitrogen and oxygen atoms in total. The predicted molar refractivity (Wildman–Crippen MR) is 171 cm³/mol. The second-order valence-electron chi connectivity index (χ2n) is 12.9. The van der Waals surface area contributed by atoms with Gasteiger partial charge in [0.15, 0.2) is 0 Å². The molecule has 0 saturated carbocycles. The smallest absolute Gasteiger partial charge is 0.379 e. The van der Waals surface area contributed by atoms with Crippen molar-refractivity contribution in [2.45, 2.75) is 81.1 Å². The molecular weight excluding hydrogens is 606 g/mol. The van der Waals surface area contributed by atoms with Crippen LogP contribution in [0.5, 0.6) is 11.5 Å². The van der Waals surface area contributed by atoms with E-state index in [1.807, 2.05) is 31.2 Å². The van der Waals surface area contributed by atoms with E-state index >= 15 is 0 Å². The maximum absolute atomic E-state index is 13.5. The molecule has 2 unspecified atom stereocenters. The third kappa shape index (κ3) is 12.4. The van der Waals surface area contributed by atoms with Gasteiger partial charge in [0.2, 0.25) is 13.6 Å². The summed E-state index contributed by atoms with van der Waals surface area (Å²) in [7, 11) is -7.68. The van der Waals surface area contributed by atoms with Gasteiger partial charge >= 0.3 is 27.1 Å². The molecule has 0 aromatic heterocycles. The predicted octanol–water partition coefficient (Wildman–Crippen LogP) is 8.92. The van der Waals surface area contributed by atoms with Crippen molar-refractivity contribution in [3.63, 3.8) is 0 Å². The Bertz CT molecular complexity index is 1310. The summed E-state index contributed by atoms with van der Waals surface area (Å²) in [5, 5.41) is 0. The molecular formula is C32H48O10P2. The number of aryl methyl sites for hydroxylation is 2. The van der Waals surface area contributed by atoms with E-state index in [1.54, 1.807) is 53.7 Å². The minimum atomic E-state index is -3.84. The number of rotatable bonds is 15. The van der Waals surface area contributed by atoms with Crippen LogP contribution >= 0.6 is 15.2 Å². The molecule has 2 aromatic carbocycles. The minimum absolute atomic E-state index is 0.173. The maximum Gasteiger partial charge on any atom is 0.379 e. The second kappa shape index (κ2) is 15.6. The molecule has 0 spiro atoms. The van der Waals surface area contributed by atoms with Gasteiger partial charge in [-0.1, -0.05) is 49.6 Å². The van der Waals surface area contributed by atoms with Crippen LogP contribution < -0.4 is 9.05 Å². The van der Waals surface area contributed by atoms with Crippen molar-refractivity contribution in [3.05, 3.63) is 47.5 Å².